The Kier molecular flexibility index (Phi) is 4.88. The standard InChI is InChI=1S/C11H9ClIN3O3S2/c1-5-10(21(14,18)19)20-11(15-5)16-9(17)6-2-3-8(13)7(12)4-6/h2-4H,1H3,(H2,14,18,19)(H,15,16,17). The number of carbonyl (C=O) groups is 1. The zero-order valence-electron chi connectivity index (χ0n) is 10.6. The summed E-state index contributed by atoms with van der Waals surface area (Å²) in [5.74, 6) is -0.428. The summed E-state index contributed by atoms with van der Waals surface area (Å²) in [6.45, 7) is 1.51. The van der Waals surface area contributed by atoms with Crippen molar-refractivity contribution in [3.8, 4) is 0 Å². The van der Waals surface area contributed by atoms with Crippen molar-refractivity contribution in [2.24, 2.45) is 5.14 Å². The van der Waals surface area contributed by atoms with Gasteiger partial charge in [0.1, 0.15) is 0 Å². The molecule has 1 aromatic carbocycles. The summed E-state index contributed by atoms with van der Waals surface area (Å²) in [6.07, 6.45) is 0. The van der Waals surface area contributed by atoms with Crippen molar-refractivity contribution in [1.82, 2.24) is 4.98 Å². The number of hydrogen-bond donors (Lipinski definition) is 2. The van der Waals surface area contributed by atoms with Gasteiger partial charge in [0.25, 0.3) is 5.91 Å². The van der Waals surface area contributed by atoms with Gasteiger partial charge in [0.2, 0.25) is 10.0 Å². The number of primary sulfonamides is 1. The maximum absolute atomic E-state index is 12.1. The Labute approximate surface area is 143 Å². The third-order valence-corrected chi connectivity index (χ3v) is 6.61. The molecule has 1 aromatic heterocycles. The van der Waals surface area contributed by atoms with Gasteiger partial charge in [-0.3, -0.25) is 10.1 Å². The minimum absolute atomic E-state index is 0.0709. The second kappa shape index (κ2) is 6.16. The van der Waals surface area contributed by atoms with Gasteiger partial charge in [-0.25, -0.2) is 18.5 Å². The maximum Gasteiger partial charge on any atom is 0.257 e. The molecule has 112 valence electrons. The molecule has 3 N–H and O–H groups in total. The number of thiazole rings is 1. The fourth-order valence-corrected chi connectivity index (χ4v) is 3.88. The van der Waals surface area contributed by atoms with E-state index >= 15 is 0 Å². The fourth-order valence-electron chi connectivity index (χ4n) is 1.51. The number of amides is 1. The summed E-state index contributed by atoms with van der Waals surface area (Å²) < 4.78 is 23.4. The van der Waals surface area contributed by atoms with Gasteiger partial charge in [0.05, 0.1) is 10.7 Å². The molecule has 6 nitrogen and oxygen atoms in total. The fraction of sp³-hybridized carbons (Fsp3) is 0.0909. The van der Waals surface area contributed by atoms with Crippen molar-refractivity contribution in [2.45, 2.75) is 11.1 Å². The van der Waals surface area contributed by atoms with E-state index in [4.69, 9.17) is 16.7 Å². The molecule has 0 fully saturated rings. The summed E-state index contributed by atoms with van der Waals surface area (Å²) in [5, 5.41) is 8.21. The van der Waals surface area contributed by atoms with Crippen molar-refractivity contribution in [3.63, 3.8) is 0 Å². The molecule has 2 rings (SSSR count). The molecule has 1 heterocycles. The number of nitrogens with one attached hydrogen (secondary N) is 1. The molecule has 0 aliphatic heterocycles. The van der Waals surface area contributed by atoms with Crippen LogP contribution >= 0.6 is 45.5 Å². The molecule has 0 radical (unpaired) electrons. The maximum atomic E-state index is 12.1. The quantitative estimate of drug-likeness (QED) is 0.692. The van der Waals surface area contributed by atoms with Gasteiger partial charge in [0, 0.05) is 9.13 Å². The highest BCUT2D eigenvalue weighted by atomic mass is 127. The number of aryl methyl sites for hydroxylation is 1. The smallest absolute Gasteiger partial charge is 0.257 e. The first-order valence-electron chi connectivity index (χ1n) is 5.45. The van der Waals surface area contributed by atoms with Crippen LogP contribution in [0.2, 0.25) is 5.02 Å². The summed E-state index contributed by atoms with van der Waals surface area (Å²) in [7, 11) is -3.84. The Balaban J connectivity index is 2.26. The normalized spacial score (nSPS) is 11.4. The van der Waals surface area contributed by atoms with Crippen LogP contribution in [0.1, 0.15) is 16.1 Å². The molecule has 0 saturated heterocycles. The number of carbonyl (C=O) groups excluding carboxylic acids is 1. The van der Waals surface area contributed by atoms with Crippen molar-refractivity contribution < 1.29 is 13.2 Å². The van der Waals surface area contributed by atoms with Gasteiger partial charge >= 0.3 is 0 Å². The van der Waals surface area contributed by atoms with Crippen LogP contribution in [0.3, 0.4) is 0 Å². The molecule has 2 aromatic rings. The molecule has 0 saturated carbocycles. The number of benzene rings is 1. The first-order valence-corrected chi connectivity index (χ1v) is 9.27. The van der Waals surface area contributed by atoms with Crippen LogP contribution in [0.15, 0.2) is 22.4 Å². The number of sulfonamides is 1. The van der Waals surface area contributed by atoms with Gasteiger partial charge in [0.15, 0.2) is 9.34 Å². The van der Waals surface area contributed by atoms with Crippen molar-refractivity contribution >= 4 is 66.6 Å². The lowest BCUT2D eigenvalue weighted by atomic mass is 10.2. The van der Waals surface area contributed by atoms with Crippen LogP contribution in [0, 0.1) is 10.5 Å². The Morgan fingerprint density at radius 1 is 1.48 bits per heavy atom. The molecule has 0 unspecified atom stereocenters. The second-order valence-corrected chi connectivity index (χ2v) is 8.35. The number of aromatic nitrogens is 1. The minimum atomic E-state index is -3.84. The zero-order valence-corrected chi connectivity index (χ0v) is 15.1. The molecule has 0 aliphatic rings. The van der Waals surface area contributed by atoms with Gasteiger partial charge in [-0.1, -0.05) is 22.9 Å². The first-order chi connectivity index (χ1) is 9.68. The van der Waals surface area contributed by atoms with Crippen LogP contribution in [0.5, 0.6) is 0 Å². The summed E-state index contributed by atoms with van der Waals surface area (Å²) in [4.78, 5) is 16.0. The average Bonchev–Trinajstić information content (AvgIpc) is 2.73. The van der Waals surface area contributed by atoms with Gasteiger partial charge in [-0.15, -0.1) is 0 Å². The monoisotopic (exact) mass is 457 g/mol. The number of rotatable bonds is 3. The van der Waals surface area contributed by atoms with Gasteiger partial charge < -0.3 is 0 Å². The lowest BCUT2D eigenvalue weighted by Crippen LogP contribution is -2.11. The number of nitrogens with two attached hydrogens (primary N) is 1. The van der Waals surface area contributed by atoms with Gasteiger partial charge in [-0.05, 0) is 47.7 Å². The predicted molar refractivity (Wildman–Crippen MR) is 90.3 cm³/mol. The van der Waals surface area contributed by atoms with Crippen LogP contribution in [-0.4, -0.2) is 19.3 Å². The van der Waals surface area contributed by atoms with E-state index in [1.807, 2.05) is 22.6 Å². The molecular weight excluding hydrogens is 449 g/mol. The minimum Gasteiger partial charge on any atom is -0.298 e. The van der Waals surface area contributed by atoms with E-state index in [9.17, 15) is 13.2 Å². The third-order valence-electron chi connectivity index (χ3n) is 2.41. The highest BCUT2D eigenvalue weighted by Gasteiger charge is 2.19. The third kappa shape index (κ3) is 3.92. The van der Waals surface area contributed by atoms with Crippen LogP contribution < -0.4 is 10.5 Å². The Hall–Kier alpha value is -0.750. The van der Waals surface area contributed by atoms with Crippen molar-refractivity contribution in [3.05, 3.63) is 38.0 Å². The van der Waals surface area contributed by atoms with E-state index in [1.165, 1.54) is 13.0 Å². The largest absolute Gasteiger partial charge is 0.298 e. The highest BCUT2D eigenvalue weighted by molar-refractivity contribution is 14.1. The predicted octanol–water partition coefficient (Wildman–Crippen LogP) is 2.61. The molecule has 0 spiro atoms. The summed E-state index contributed by atoms with van der Waals surface area (Å²) >= 11 is 8.81. The molecule has 1 amide bonds. The molecular formula is C11H9ClIN3O3S2. The van der Waals surface area contributed by atoms with Gasteiger partial charge in [-0.2, -0.15) is 0 Å². The second-order valence-electron chi connectivity index (χ2n) is 4.02. The number of anilines is 1. The average molecular weight is 458 g/mol. The molecule has 0 aliphatic carbocycles. The Morgan fingerprint density at radius 3 is 2.67 bits per heavy atom. The molecule has 21 heavy (non-hydrogen) atoms. The van der Waals surface area contributed by atoms with Crippen molar-refractivity contribution in [2.75, 3.05) is 5.32 Å². The van der Waals surface area contributed by atoms with E-state index in [0.717, 1.165) is 14.9 Å². The summed E-state index contributed by atoms with van der Waals surface area (Å²) in [6, 6.07) is 4.85. The van der Waals surface area contributed by atoms with Crippen LogP contribution in [-0.2, 0) is 10.0 Å². The lowest BCUT2D eigenvalue weighted by Gasteiger charge is -2.03. The van der Waals surface area contributed by atoms with E-state index in [1.54, 1.807) is 12.1 Å². The molecule has 0 bridgehead atoms. The van der Waals surface area contributed by atoms with E-state index < -0.39 is 15.9 Å². The zero-order chi connectivity index (χ0) is 15.8. The van der Waals surface area contributed by atoms with Crippen LogP contribution in [0.4, 0.5) is 5.13 Å². The first kappa shape index (κ1) is 16.6. The Morgan fingerprint density at radius 2 is 2.14 bits per heavy atom. The van der Waals surface area contributed by atoms with Crippen LogP contribution in [0.25, 0.3) is 0 Å². The van der Waals surface area contributed by atoms with E-state index in [0.29, 0.717) is 10.6 Å². The van der Waals surface area contributed by atoms with E-state index in [2.05, 4.69) is 10.3 Å². The number of halogens is 2. The van der Waals surface area contributed by atoms with E-state index in [-0.39, 0.29) is 15.0 Å². The molecule has 0 atom stereocenters. The molecule has 10 heteroatoms. The topological polar surface area (TPSA) is 102 Å². The number of nitrogens with zero attached hydrogens (tertiary/aromatic N) is 1. The SMILES string of the molecule is Cc1nc(NC(=O)c2ccc(I)c(Cl)c2)sc1S(N)(=O)=O. The number of hydrogen-bond acceptors (Lipinski definition) is 5. The van der Waals surface area contributed by atoms with Crippen molar-refractivity contribution in [1.29, 1.82) is 0 Å². The lowest BCUT2D eigenvalue weighted by molar-refractivity contribution is 0.102. The Bertz CT molecular complexity index is 820. The highest BCUT2D eigenvalue weighted by Crippen LogP contribution is 2.27. The summed E-state index contributed by atoms with van der Waals surface area (Å²) in [5.41, 5.74) is 0.601.